The highest BCUT2D eigenvalue weighted by atomic mass is 16.3. The Labute approximate surface area is 838 Å². The van der Waals surface area contributed by atoms with E-state index in [0.717, 1.165) is 150 Å². The first-order valence-electron chi connectivity index (χ1n) is 49.5. The van der Waals surface area contributed by atoms with Crippen LogP contribution in [0.4, 0.5) is 51.2 Å². The van der Waals surface area contributed by atoms with Crippen LogP contribution in [0.2, 0.25) is 0 Å². The van der Waals surface area contributed by atoms with E-state index >= 15 is 0 Å². The molecule has 684 valence electrons. The second-order valence-electron chi connectivity index (χ2n) is 38.5. The van der Waals surface area contributed by atoms with Crippen molar-refractivity contribution in [1.82, 2.24) is 0 Å². The van der Waals surface area contributed by atoms with E-state index in [9.17, 15) is 0 Å². The summed E-state index contributed by atoms with van der Waals surface area (Å²) in [5.74, 6) is 0. The molecule has 25 aromatic rings. The summed E-state index contributed by atoms with van der Waals surface area (Å²) in [4.78, 5) is 7.05. The lowest BCUT2D eigenvalue weighted by Gasteiger charge is -2.28. The molecule has 144 heavy (non-hydrogen) atoms. The zero-order valence-corrected chi connectivity index (χ0v) is 80.3. The van der Waals surface area contributed by atoms with Gasteiger partial charge in [-0.05, 0) is 281 Å². The van der Waals surface area contributed by atoms with Crippen LogP contribution in [0.1, 0.15) is 49.9 Å². The van der Waals surface area contributed by atoms with Crippen molar-refractivity contribution in [3.05, 3.63) is 550 Å². The molecular formula is C138H99N3O3. The molecule has 3 aromatic heterocycles. The molecule has 0 radical (unpaired) electrons. The van der Waals surface area contributed by atoms with Gasteiger partial charge in [-0.1, -0.05) is 392 Å². The van der Waals surface area contributed by atoms with Gasteiger partial charge in [-0.25, -0.2) is 0 Å². The van der Waals surface area contributed by atoms with Crippen LogP contribution in [0.15, 0.2) is 541 Å². The number of para-hydroxylation sites is 5. The number of nitrogens with zero attached hydrogens (tertiary/aromatic N) is 3. The second-order valence-corrected chi connectivity index (χ2v) is 38.5. The van der Waals surface area contributed by atoms with E-state index in [1.165, 1.54) is 100 Å². The fourth-order valence-corrected chi connectivity index (χ4v) is 21.9. The molecule has 6 nitrogen and oxygen atoms in total. The van der Waals surface area contributed by atoms with Gasteiger partial charge in [0.05, 0.1) is 0 Å². The Balaban J connectivity index is 0.000000114. The first-order chi connectivity index (χ1) is 70.9. The van der Waals surface area contributed by atoms with Crippen molar-refractivity contribution in [2.45, 2.75) is 38.5 Å². The zero-order valence-electron chi connectivity index (χ0n) is 80.3. The van der Waals surface area contributed by atoms with E-state index in [4.69, 9.17) is 13.3 Å². The lowest BCUT2D eigenvalue weighted by Crippen LogP contribution is -2.16. The van der Waals surface area contributed by atoms with Gasteiger partial charge in [-0.2, -0.15) is 0 Å². The minimum atomic E-state index is -0.101. The summed E-state index contributed by atoms with van der Waals surface area (Å²) in [5, 5.41) is 6.79. The third-order valence-electron chi connectivity index (χ3n) is 29.2. The summed E-state index contributed by atoms with van der Waals surface area (Å²) >= 11 is 0. The fourth-order valence-electron chi connectivity index (χ4n) is 21.9. The highest BCUT2D eigenvalue weighted by molar-refractivity contribution is 6.15. The predicted molar refractivity (Wildman–Crippen MR) is 604 cm³/mol. The average molecular weight is 1850 g/mol. The summed E-state index contributed by atoms with van der Waals surface area (Å²) in [6.07, 6.45) is 0. The molecule has 0 fully saturated rings. The molecule has 3 heterocycles. The van der Waals surface area contributed by atoms with Crippen molar-refractivity contribution >= 4 is 117 Å². The Morgan fingerprint density at radius 2 is 0.347 bits per heavy atom. The van der Waals surface area contributed by atoms with Gasteiger partial charge in [0, 0.05) is 111 Å². The van der Waals surface area contributed by atoms with E-state index < -0.39 is 0 Å². The normalized spacial score (nSPS) is 12.4. The van der Waals surface area contributed by atoms with E-state index in [2.05, 4.69) is 546 Å². The van der Waals surface area contributed by atoms with Crippen LogP contribution in [0.3, 0.4) is 0 Å². The monoisotopic (exact) mass is 1850 g/mol. The molecule has 6 heteroatoms. The van der Waals surface area contributed by atoms with Crippen molar-refractivity contribution in [3.8, 4) is 111 Å². The molecule has 0 bridgehead atoms. The van der Waals surface area contributed by atoms with Gasteiger partial charge >= 0.3 is 0 Å². The van der Waals surface area contributed by atoms with Crippen LogP contribution in [-0.2, 0) is 10.8 Å². The molecular weight excluding hydrogens is 1750 g/mol. The smallest absolute Gasteiger partial charge is 0.143 e. The zero-order chi connectivity index (χ0) is 96.4. The number of hydrogen-bond donors (Lipinski definition) is 0. The van der Waals surface area contributed by atoms with E-state index in [1.54, 1.807) is 0 Å². The topological polar surface area (TPSA) is 49.1 Å². The van der Waals surface area contributed by atoms with E-state index in [1.807, 2.05) is 24.3 Å². The molecule has 2 aliphatic rings. The SMILES string of the molecule is CC1(C)c2ccccc2-c2ccc(N(c3ccc(-c4ccccc4)cc3)c3ccc(-c4cc(-c5ccccc5)cc5c4oc4ccccc45)cc3)cc21.CC1(C)c2ccccc2-c2ccc(N(c3ccccc3)c3ccc(-c4cc(-c5ccccc5)cc5c4oc4ccccc45)cc3)cc21.c1ccc(-c2ccc(N(c3ccccc3)c3ccc(-c4cc(-c5ccccc5)cc5c4oc4ccccc45)cc3)cc2)cc1. The molecule has 0 unspecified atom stereocenters. The molecule has 0 saturated heterocycles. The van der Waals surface area contributed by atoms with Crippen molar-refractivity contribution in [2.75, 3.05) is 14.7 Å². The van der Waals surface area contributed by atoms with Gasteiger partial charge in [0.25, 0.3) is 0 Å². The fraction of sp³-hybridized carbons (Fsp3) is 0.0435. The number of furan rings is 3. The molecule has 2 aliphatic carbocycles. The molecule has 0 saturated carbocycles. The maximum Gasteiger partial charge on any atom is 0.143 e. The molecule has 22 aromatic carbocycles. The molecule has 0 atom stereocenters. The minimum Gasteiger partial charge on any atom is -0.455 e. The van der Waals surface area contributed by atoms with Gasteiger partial charge < -0.3 is 28.0 Å². The molecule has 0 N–H and O–H groups in total. The number of fused-ring (bicyclic) bond motifs is 15. The maximum absolute atomic E-state index is 6.57. The number of anilines is 9. The highest BCUT2D eigenvalue weighted by Crippen LogP contribution is 2.55. The van der Waals surface area contributed by atoms with E-state index in [-0.39, 0.29) is 10.8 Å². The maximum atomic E-state index is 6.57. The second kappa shape index (κ2) is 36.8. The van der Waals surface area contributed by atoms with Crippen molar-refractivity contribution in [2.24, 2.45) is 0 Å². The summed E-state index contributed by atoms with van der Waals surface area (Å²) in [7, 11) is 0. The van der Waals surface area contributed by atoms with Crippen LogP contribution in [0, 0.1) is 0 Å². The minimum absolute atomic E-state index is 0.0735. The highest BCUT2D eigenvalue weighted by Gasteiger charge is 2.38. The summed E-state index contributed by atoms with van der Waals surface area (Å²) in [5.41, 5.74) is 44.6. The first kappa shape index (κ1) is 87.2. The molecule has 0 spiro atoms. The van der Waals surface area contributed by atoms with Crippen LogP contribution >= 0.6 is 0 Å². The number of hydrogen-bond acceptors (Lipinski definition) is 6. The Bertz CT molecular complexity index is 9050. The quantitative estimate of drug-likeness (QED) is 0.0905. The Kier molecular flexibility index (Phi) is 22.3. The number of benzene rings is 22. The van der Waals surface area contributed by atoms with E-state index in [0.29, 0.717) is 0 Å². The van der Waals surface area contributed by atoms with Gasteiger partial charge in [0.1, 0.15) is 33.5 Å². The summed E-state index contributed by atoms with van der Waals surface area (Å²) < 4.78 is 19.6. The van der Waals surface area contributed by atoms with Crippen molar-refractivity contribution < 1.29 is 13.3 Å². The van der Waals surface area contributed by atoms with Crippen LogP contribution in [0.5, 0.6) is 0 Å². The third kappa shape index (κ3) is 16.0. The van der Waals surface area contributed by atoms with Crippen LogP contribution < -0.4 is 14.7 Å². The Morgan fingerprint density at radius 1 is 0.139 bits per heavy atom. The largest absolute Gasteiger partial charge is 0.455 e. The van der Waals surface area contributed by atoms with Gasteiger partial charge in [-0.3, -0.25) is 0 Å². The average Bonchev–Trinajstić information content (AvgIpc) is 1.58. The van der Waals surface area contributed by atoms with Crippen molar-refractivity contribution in [1.29, 1.82) is 0 Å². The van der Waals surface area contributed by atoms with Gasteiger partial charge in [-0.15, -0.1) is 0 Å². The summed E-state index contributed by atoms with van der Waals surface area (Å²) in [6, 6.07) is 189. The Hall–Kier alpha value is -18.4. The molecule has 27 rings (SSSR count). The lowest BCUT2D eigenvalue weighted by molar-refractivity contribution is 0.660. The van der Waals surface area contributed by atoms with Gasteiger partial charge in [0.2, 0.25) is 0 Å². The van der Waals surface area contributed by atoms with Crippen molar-refractivity contribution in [3.63, 3.8) is 0 Å². The summed E-state index contributed by atoms with van der Waals surface area (Å²) in [6.45, 7) is 9.37. The van der Waals surface area contributed by atoms with Crippen LogP contribution in [-0.4, -0.2) is 0 Å². The number of rotatable bonds is 17. The first-order valence-corrected chi connectivity index (χ1v) is 49.5. The lowest BCUT2D eigenvalue weighted by atomic mass is 9.82. The molecule has 0 amide bonds. The predicted octanol–water partition coefficient (Wildman–Crippen LogP) is 39.1. The van der Waals surface area contributed by atoms with Gasteiger partial charge in [0.15, 0.2) is 0 Å². The standard InChI is InChI=1S/C51H37NO.C45H33NO.C42H29NO/c1-51(2)47-19-11-9-17-42(47)43-30-29-41(33-48(43)51)52(39-25-21-36(22-26-39)34-13-5-3-6-14-34)40-27-23-37(24-28-40)45-31-38(35-15-7-4-8-16-35)32-46-44-18-10-12-20-49(44)53-50(45)46;1-45(2)41-19-11-9-17-36(41)37-26-25-35(29-42(37)45)46(33-15-7-4-8-16-33)34-23-21-31(22-24-34)39-27-32(30-13-5-3-6-14-30)28-40-38-18-10-12-20-43(38)47-44(39)40;1-4-12-30(13-5-1)32-20-24-36(25-21-32)43(35-16-8-3-9-17-35)37-26-22-33(23-27-37)39-28-34(31-14-6-2-7-15-31)29-40-38-18-10-11-19-41(38)44-42(39)40/h3-33H,1-2H3;3-29H,1-2H3;1-29H. The third-order valence-corrected chi connectivity index (χ3v) is 29.2. The van der Waals surface area contributed by atoms with Crippen LogP contribution in [0.25, 0.3) is 177 Å². The Morgan fingerprint density at radius 3 is 0.639 bits per heavy atom. The molecule has 0 aliphatic heterocycles.